The molecule has 4 aliphatic carbocycles. The van der Waals surface area contributed by atoms with E-state index in [4.69, 9.17) is 4.43 Å². The number of rotatable bonds is 5. The van der Waals surface area contributed by atoms with Crippen molar-refractivity contribution in [1.82, 2.24) is 0 Å². The number of Topliss-reactive ketones (excluding diaryl/α,β-unsaturated/α-hetero) is 1. The standard InChI is InChI=1S/C32H54O2Si/c1-21-15-17-31(7)24(19-21)11-12-25-27-14-13-26(32(27,8)18-16-28(25)31)22(2)20-29(23(3)33)34-35(9,10)30(4,5)6/h11,20-22,25-28H,12-19H2,1-10H3/b29-20+/t21-,22+,25?,26+,27?,28?,31-,32+/m0/s1. The quantitative estimate of drug-likeness (QED) is 0.163. The van der Waals surface area contributed by atoms with Crippen LogP contribution >= 0.6 is 0 Å². The van der Waals surface area contributed by atoms with Crippen LogP contribution in [0.25, 0.3) is 0 Å². The summed E-state index contributed by atoms with van der Waals surface area (Å²) in [5, 5.41) is 0.0912. The van der Waals surface area contributed by atoms with E-state index < -0.39 is 8.32 Å². The maximum absolute atomic E-state index is 12.7. The minimum Gasteiger partial charge on any atom is -0.541 e. The van der Waals surface area contributed by atoms with Gasteiger partial charge < -0.3 is 4.43 Å². The Morgan fingerprint density at radius 3 is 2.43 bits per heavy atom. The van der Waals surface area contributed by atoms with Crippen LogP contribution in [0.3, 0.4) is 0 Å². The van der Waals surface area contributed by atoms with Crippen molar-refractivity contribution in [2.45, 2.75) is 125 Å². The van der Waals surface area contributed by atoms with E-state index in [1.54, 1.807) is 12.5 Å². The molecular weight excluding hydrogens is 444 g/mol. The van der Waals surface area contributed by atoms with Crippen LogP contribution in [0.1, 0.15) is 107 Å². The number of carbonyl (C=O) groups is 1. The Kier molecular flexibility index (Phi) is 7.13. The third kappa shape index (κ3) is 4.66. The number of allylic oxidation sites excluding steroid dienone is 4. The Morgan fingerprint density at radius 1 is 1.11 bits per heavy atom. The minimum absolute atomic E-state index is 0.0912. The van der Waals surface area contributed by atoms with Crippen LogP contribution in [0.2, 0.25) is 18.1 Å². The molecule has 0 aliphatic heterocycles. The monoisotopic (exact) mass is 498 g/mol. The number of hydrogen-bond donors (Lipinski definition) is 0. The number of hydrogen-bond acceptors (Lipinski definition) is 2. The van der Waals surface area contributed by atoms with Crippen molar-refractivity contribution in [2.75, 3.05) is 0 Å². The highest BCUT2D eigenvalue weighted by atomic mass is 28.4. The molecule has 4 aliphatic rings. The van der Waals surface area contributed by atoms with Crippen molar-refractivity contribution in [3.05, 3.63) is 23.5 Å². The van der Waals surface area contributed by atoms with Gasteiger partial charge in [-0.2, -0.15) is 0 Å². The lowest BCUT2D eigenvalue weighted by atomic mass is 9.46. The van der Waals surface area contributed by atoms with Crippen molar-refractivity contribution in [3.63, 3.8) is 0 Å². The molecule has 0 aromatic rings. The fourth-order valence-corrected chi connectivity index (χ4v) is 9.82. The lowest BCUT2D eigenvalue weighted by Crippen LogP contribution is -2.50. The van der Waals surface area contributed by atoms with Crippen LogP contribution in [0.5, 0.6) is 0 Å². The van der Waals surface area contributed by atoms with Gasteiger partial charge >= 0.3 is 0 Å². The van der Waals surface area contributed by atoms with Gasteiger partial charge in [0.1, 0.15) is 5.76 Å². The predicted molar refractivity (Wildman–Crippen MR) is 151 cm³/mol. The molecule has 0 aromatic heterocycles. The molecule has 3 saturated carbocycles. The Hall–Kier alpha value is -0.833. The zero-order valence-electron chi connectivity index (χ0n) is 24.6. The smallest absolute Gasteiger partial charge is 0.250 e. The Morgan fingerprint density at radius 2 is 1.80 bits per heavy atom. The molecule has 0 saturated heterocycles. The third-order valence-electron chi connectivity index (χ3n) is 12.0. The fraction of sp³-hybridized carbons (Fsp3) is 0.844. The summed E-state index contributed by atoms with van der Waals surface area (Å²) < 4.78 is 6.57. The van der Waals surface area contributed by atoms with Crippen molar-refractivity contribution >= 4 is 14.1 Å². The van der Waals surface area contributed by atoms with Gasteiger partial charge in [-0.1, -0.05) is 60.1 Å². The second kappa shape index (κ2) is 9.17. The maximum atomic E-state index is 12.7. The summed E-state index contributed by atoms with van der Waals surface area (Å²) in [7, 11) is -2.04. The zero-order chi connectivity index (χ0) is 26.0. The summed E-state index contributed by atoms with van der Waals surface area (Å²) in [6.45, 7) is 23.0. The molecule has 0 N–H and O–H groups in total. The summed E-state index contributed by atoms with van der Waals surface area (Å²) in [4.78, 5) is 12.7. The third-order valence-corrected chi connectivity index (χ3v) is 16.3. The summed E-state index contributed by atoms with van der Waals surface area (Å²) in [6, 6.07) is 0. The summed E-state index contributed by atoms with van der Waals surface area (Å²) in [6.07, 6.45) is 15.8. The molecule has 0 spiro atoms. The molecule has 2 nitrogen and oxygen atoms in total. The van der Waals surface area contributed by atoms with E-state index in [1.807, 2.05) is 0 Å². The Bertz CT molecular complexity index is 892. The molecule has 0 radical (unpaired) electrons. The highest BCUT2D eigenvalue weighted by Crippen LogP contribution is 2.67. The molecule has 4 rings (SSSR count). The van der Waals surface area contributed by atoms with Crippen LogP contribution in [0, 0.1) is 46.3 Å². The number of ketones is 1. The topological polar surface area (TPSA) is 26.3 Å². The van der Waals surface area contributed by atoms with E-state index in [1.165, 1.54) is 51.4 Å². The largest absolute Gasteiger partial charge is 0.541 e. The van der Waals surface area contributed by atoms with Crippen LogP contribution in [-0.2, 0) is 9.22 Å². The maximum Gasteiger partial charge on any atom is 0.250 e. The molecule has 3 heteroatoms. The van der Waals surface area contributed by atoms with E-state index in [2.05, 4.69) is 73.7 Å². The van der Waals surface area contributed by atoms with Crippen molar-refractivity contribution in [3.8, 4) is 0 Å². The van der Waals surface area contributed by atoms with Crippen LogP contribution in [0.15, 0.2) is 23.5 Å². The second-order valence-corrected chi connectivity index (χ2v) is 19.9. The van der Waals surface area contributed by atoms with Crippen molar-refractivity contribution in [2.24, 2.45) is 46.3 Å². The summed E-state index contributed by atoms with van der Waals surface area (Å²) >= 11 is 0. The summed E-state index contributed by atoms with van der Waals surface area (Å²) in [5.74, 6) is 5.19. The lowest BCUT2D eigenvalue weighted by Gasteiger charge is -2.58. The molecule has 198 valence electrons. The number of carbonyl (C=O) groups excluding carboxylic acids is 1. The first-order valence-corrected chi connectivity index (χ1v) is 17.6. The van der Waals surface area contributed by atoms with E-state index in [0.29, 0.717) is 28.4 Å². The first-order valence-electron chi connectivity index (χ1n) is 14.7. The molecule has 0 amide bonds. The van der Waals surface area contributed by atoms with Gasteiger partial charge in [0.25, 0.3) is 8.32 Å². The van der Waals surface area contributed by atoms with Crippen molar-refractivity contribution < 1.29 is 9.22 Å². The highest BCUT2D eigenvalue weighted by Gasteiger charge is 2.59. The average molecular weight is 499 g/mol. The minimum atomic E-state index is -2.04. The van der Waals surface area contributed by atoms with Gasteiger partial charge in [-0.05, 0) is 122 Å². The van der Waals surface area contributed by atoms with E-state index in [9.17, 15) is 4.79 Å². The van der Waals surface area contributed by atoms with Crippen LogP contribution in [-0.4, -0.2) is 14.1 Å². The molecule has 35 heavy (non-hydrogen) atoms. The highest BCUT2D eigenvalue weighted by molar-refractivity contribution is 6.74. The lowest BCUT2D eigenvalue weighted by molar-refractivity contribution is -0.115. The SMILES string of the molecule is CC(=O)/C(=C\[C@@H](C)[C@H]1CCC2C3CC=C4C[C@@H](C)CC[C@]4(C)C3CC[C@@]21C)O[Si](C)(C)C(C)(C)C. The molecular formula is C32H54O2Si. The molecule has 8 atom stereocenters. The van der Waals surface area contributed by atoms with Gasteiger partial charge in [-0.3, -0.25) is 4.79 Å². The molecule has 0 bridgehead atoms. The van der Waals surface area contributed by atoms with Gasteiger partial charge in [0.2, 0.25) is 0 Å². The van der Waals surface area contributed by atoms with Crippen LogP contribution < -0.4 is 0 Å². The molecule has 3 unspecified atom stereocenters. The van der Waals surface area contributed by atoms with Crippen LogP contribution in [0.4, 0.5) is 0 Å². The van der Waals surface area contributed by atoms with Crippen molar-refractivity contribution in [1.29, 1.82) is 0 Å². The van der Waals surface area contributed by atoms with Gasteiger partial charge in [0.15, 0.2) is 5.78 Å². The Balaban J connectivity index is 1.56. The van der Waals surface area contributed by atoms with E-state index in [-0.39, 0.29) is 10.8 Å². The number of fused-ring (bicyclic) bond motifs is 5. The predicted octanol–water partition coefficient (Wildman–Crippen LogP) is 9.33. The van der Waals surface area contributed by atoms with E-state index >= 15 is 0 Å². The molecule has 0 aromatic carbocycles. The summed E-state index contributed by atoms with van der Waals surface area (Å²) in [5.41, 5.74) is 2.65. The van der Waals surface area contributed by atoms with Gasteiger partial charge in [-0.25, -0.2) is 0 Å². The zero-order valence-corrected chi connectivity index (χ0v) is 25.6. The van der Waals surface area contributed by atoms with Gasteiger partial charge in [-0.15, -0.1) is 0 Å². The first-order chi connectivity index (χ1) is 16.1. The van der Waals surface area contributed by atoms with Gasteiger partial charge in [0.05, 0.1) is 0 Å². The average Bonchev–Trinajstić information content (AvgIpc) is 3.10. The van der Waals surface area contributed by atoms with Gasteiger partial charge in [0, 0.05) is 6.92 Å². The fourth-order valence-electron chi connectivity index (χ4n) is 8.75. The van der Waals surface area contributed by atoms with E-state index in [0.717, 1.165) is 23.7 Å². The Labute approximate surface area is 217 Å². The normalized spacial score (nSPS) is 40.8. The second-order valence-electron chi connectivity index (χ2n) is 15.1. The molecule has 0 heterocycles. The molecule has 3 fully saturated rings. The first kappa shape index (κ1) is 27.2.